The van der Waals surface area contributed by atoms with E-state index in [0.717, 1.165) is 18.2 Å². The summed E-state index contributed by atoms with van der Waals surface area (Å²) in [7, 11) is -4.74. The van der Waals surface area contributed by atoms with Crippen LogP contribution in [0.15, 0.2) is 59.5 Å². The quantitative estimate of drug-likeness (QED) is 0.199. The van der Waals surface area contributed by atoms with E-state index in [1.807, 2.05) is 0 Å². The molecule has 1 N–H and O–H groups in total. The lowest BCUT2D eigenvalue weighted by atomic mass is 10.1. The van der Waals surface area contributed by atoms with Crippen LogP contribution in [0.25, 0.3) is 0 Å². The fourth-order valence-corrected chi connectivity index (χ4v) is 4.23. The van der Waals surface area contributed by atoms with Crippen LogP contribution in [0.3, 0.4) is 0 Å². The van der Waals surface area contributed by atoms with Crippen LogP contribution in [0.4, 0.5) is 42.1 Å². The van der Waals surface area contributed by atoms with E-state index in [2.05, 4.69) is 0 Å². The van der Waals surface area contributed by atoms with E-state index in [9.17, 15) is 49.3 Å². The molecule has 0 spiro atoms. The van der Waals surface area contributed by atoms with Crippen LogP contribution in [-0.2, 0) is 22.4 Å². The SMILES string of the molecule is O=[N+]([O-])c1ccc(Oc2ccc(S(=O)(=O)Nc3ccc(F)cc3C(F)(F)F)cc2Cl)c(C(F)(F)F)c1. The molecule has 0 amide bonds. The van der Waals surface area contributed by atoms with E-state index in [4.69, 9.17) is 16.3 Å². The molecule has 0 radical (unpaired) electrons. The minimum atomic E-state index is -5.10. The normalized spacial score (nSPS) is 12.3. The average molecular weight is 559 g/mol. The summed E-state index contributed by atoms with van der Waals surface area (Å²) in [5.41, 5.74) is -4.97. The molecule has 0 bridgehead atoms. The molecule has 0 saturated heterocycles. The molecule has 0 aliphatic rings. The lowest BCUT2D eigenvalue weighted by Crippen LogP contribution is -2.17. The highest BCUT2D eigenvalue weighted by Crippen LogP contribution is 2.42. The van der Waals surface area contributed by atoms with Crippen molar-refractivity contribution < 1.29 is 48.8 Å². The Hall–Kier alpha value is -3.59. The molecule has 3 rings (SSSR count). The molecule has 0 aromatic heterocycles. The average Bonchev–Trinajstić information content (AvgIpc) is 2.74. The van der Waals surface area contributed by atoms with Crippen LogP contribution in [0.1, 0.15) is 11.1 Å². The Bertz CT molecular complexity index is 1440. The number of anilines is 1. The highest BCUT2D eigenvalue weighted by atomic mass is 35.5. The van der Waals surface area contributed by atoms with Crippen molar-refractivity contribution in [2.24, 2.45) is 0 Å². The predicted octanol–water partition coefficient (Wildman–Crippen LogP) is 7.02. The number of ether oxygens (including phenoxy) is 1. The zero-order valence-electron chi connectivity index (χ0n) is 17.1. The summed E-state index contributed by atoms with van der Waals surface area (Å²) in [6.45, 7) is 0. The van der Waals surface area contributed by atoms with E-state index >= 15 is 0 Å². The monoisotopic (exact) mass is 558 g/mol. The van der Waals surface area contributed by atoms with Gasteiger partial charge in [-0.3, -0.25) is 14.8 Å². The fourth-order valence-electron chi connectivity index (χ4n) is 2.84. The number of halogens is 8. The van der Waals surface area contributed by atoms with Crippen LogP contribution >= 0.6 is 11.6 Å². The Morgan fingerprint density at radius 2 is 1.47 bits per heavy atom. The minimum Gasteiger partial charge on any atom is -0.455 e. The van der Waals surface area contributed by atoms with Crippen molar-refractivity contribution in [1.82, 2.24) is 0 Å². The summed E-state index contributed by atoms with van der Waals surface area (Å²) < 4.78 is 125. The number of rotatable bonds is 6. The Morgan fingerprint density at radius 1 is 0.861 bits per heavy atom. The third-order valence-electron chi connectivity index (χ3n) is 4.44. The van der Waals surface area contributed by atoms with Gasteiger partial charge in [-0.25, -0.2) is 12.8 Å². The van der Waals surface area contributed by atoms with Gasteiger partial charge in [0.2, 0.25) is 0 Å². The van der Waals surface area contributed by atoms with Crippen molar-refractivity contribution in [2.75, 3.05) is 4.72 Å². The van der Waals surface area contributed by atoms with Gasteiger partial charge in [-0.05, 0) is 42.5 Å². The van der Waals surface area contributed by atoms with Gasteiger partial charge in [0.25, 0.3) is 15.7 Å². The third kappa shape index (κ3) is 5.96. The van der Waals surface area contributed by atoms with Crippen molar-refractivity contribution in [1.29, 1.82) is 0 Å². The molecule has 0 saturated carbocycles. The van der Waals surface area contributed by atoms with Crippen molar-refractivity contribution >= 4 is 33.0 Å². The number of nitro benzene ring substituents is 1. The van der Waals surface area contributed by atoms with E-state index in [0.29, 0.717) is 24.3 Å². The summed E-state index contributed by atoms with van der Waals surface area (Å²) in [6, 6.07) is 5.17. The first-order valence-electron chi connectivity index (χ1n) is 9.21. The smallest absolute Gasteiger partial charge is 0.420 e. The molecule has 0 aliphatic heterocycles. The maximum atomic E-state index is 13.3. The highest BCUT2D eigenvalue weighted by molar-refractivity contribution is 7.92. The van der Waals surface area contributed by atoms with Gasteiger partial charge >= 0.3 is 12.4 Å². The maximum absolute atomic E-state index is 13.3. The van der Waals surface area contributed by atoms with E-state index < -0.39 is 77.0 Å². The van der Waals surface area contributed by atoms with Gasteiger partial charge in [0.15, 0.2) is 0 Å². The first kappa shape index (κ1) is 27.0. The number of non-ortho nitro benzene ring substituents is 1. The second kappa shape index (κ2) is 9.46. The van der Waals surface area contributed by atoms with Gasteiger partial charge in [-0.15, -0.1) is 0 Å². The zero-order valence-corrected chi connectivity index (χ0v) is 18.7. The Kier molecular flexibility index (Phi) is 7.10. The Balaban J connectivity index is 1.95. The van der Waals surface area contributed by atoms with Crippen molar-refractivity contribution in [3.05, 3.63) is 86.7 Å². The molecule has 0 aliphatic carbocycles. The standard InChI is InChI=1S/C20H10ClF7N2O5S/c21-15-9-12(36(33,34)29-16-4-1-10(22)7-13(16)19(23,24)25)3-6-18(15)35-17-5-2-11(30(31)32)8-14(17)20(26,27)28/h1-9,29H. The molecule has 7 nitrogen and oxygen atoms in total. The molecule has 3 aromatic carbocycles. The summed E-state index contributed by atoms with van der Waals surface area (Å²) >= 11 is 5.93. The lowest BCUT2D eigenvalue weighted by Gasteiger charge is -2.16. The number of nitro groups is 1. The molecule has 16 heteroatoms. The topological polar surface area (TPSA) is 98.5 Å². The second-order valence-corrected chi connectivity index (χ2v) is 9.01. The number of hydrogen-bond donors (Lipinski definition) is 1. The van der Waals surface area contributed by atoms with Gasteiger partial charge in [0, 0.05) is 12.1 Å². The molecule has 192 valence electrons. The Labute approximate surface area is 202 Å². The number of nitrogens with one attached hydrogen (secondary N) is 1. The Morgan fingerprint density at radius 3 is 2.03 bits per heavy atom. The van der Waals surface area contributed by atoms with Crippen molar-refractivity contribution in [2.45, 2.75) is 17.2 Å². The van der Waals surface area contributed by atoms with Crippen LogP contribution in [-0.4, -0.2) is 13.3 Å². The van der Waals surface area contributed by atoms with Crippen LogP contribution in [0.5, 0.6) is 11.5 Å². The molecule has 36 heavy (non-hydrogen) atoms. The predicted molar refractivity (Wildman–Crippen MR) is 112 cm³/mol. The van der Waals surface area contributed by atoms with Gasteiger partial charge in [-0.2, -0.15) is 26.3 Å². The van der Waals surface area contributed by atoms with Crippen molar-refractivity contribution in [3.8, 4) is 11.5 Å². The van der Waals surface area contributed by atoms with Gasteiger partial charge in [0.05, 0.1) is 26.1 Å². The maximum Gasteiger partial charge on any atom is 0.420 e. The number of hydrogen-bond acceptors (Lipinski definition) is 5. The van der Waals surface area contributed by atoms with E-state index in [1.54, 1.807) is 4.72 Å². The van der Waals surface area contributed by atoms with Crippen LogP contribution < -0.4 is 9.46 Å². The first-order valence-corrected chi connectivity index (χ1v) is 11.1. The zero-order chi connectivity index (χ0) is 27.1. The number of benzene rings is 3. The summed E-state index contributed by atoms with van der Waals surface area (Å²) in [5, 5.41) is 10.2. The van der Waals surface area contributed by atoms with E-state index in [1.165, 1.54) is 0 Å². The largest absolute Gasteiger partial charge is 0.455 e. The highest BCUT2D eigenvalue weighted by Gasteiger charge is 2.37. The number of sulfonamides is 1. The van der Waals surface area contributed by atoms with Crippen LogP contribution in [0, 0.1) is 15.9 Å². The molecule has 0 fully saturated rings. The van der Waals surface area contributed by atoms with Crippen LogP contribution in [0.2, 0.25) is 5.02 Å². The van der Waals surface area contributed by atoms with Gasteiger partial charge < -0.3 is 4.74 Å². The summed E-state index contributed by atoms with van der Waals surface area (Å²) in [6.07, 6.45) is -10.2. The van der Waals surface area contributed by atoms with E-state index in [-0.39, 0.29) is 12.1 Å². The van der Waals surface area contributed by atoms with Crippen molar-refractivity contribution in [3.63, 3.8) is 0 Å². The first-order chi connectivity index (χ1) is 16.5. The molecule has 3 aromatic rings. The number of nitrogens with zero attached hydrogens (tertiary/aromatic N) is 1. The number of alkyl halides is 6. The second-order valence-electron chi connectivity index (χ2n) is 6.92. The molecular weight excluding hydrogens is 549 g/mol. The molecular formula is C20H10ClF7N2O5S. The van der Waals surface area contributed by atoms with Gasteiger partial charge in [0.1, 0.15) is 22.9 Å². The van der Waals surface area contributed by atoms with Gasteiger partial charge in [-0.1, -0.05) is 11.6 Å². The molecule has 0 unspecified atom stereocenters. The summed E-state index contributed by atoms with van der Waals surface area (Å²) in [5.74, 6) is -2.64. The lowest BCUT2D eigenvalue weighted by molar-refractivity contribution is -0.385. The minimum absolute atomic E-state index is 0.0875. The summed E-state index contributed by atoms with van der Waals surface area (Å²) in [4.78, 5) is 9.04. The fraction of sp³-hybridized carbons (Fsp3) is 0.100. The molecule has 0 atom stereocenters. The molecule has 0 heterocycles. The third-order valence-corrected chi connectivity index (χ3v) is 6.10.